The van der Waals surface area contributed by atoms with Crippen molar-refractivity contribution in [1.29, 1.82) is 0 Å². The monoisotopic (exact) mass is 382 g/mol. The second-order valence-electron chi connectivity index (χ2n) is 5.81. The quantitative estimate of drug-likeness (QED) is 0.616. The molecule has 0 amide bonds. The predicted octanol–water partition coefficient (Wildman–Crippen LogP) is 1.56. The first-order chi connectivity index (χ1) is 10.7. The summed E-state index contributed by atoms with van der Waals surface area (Å²) in [5.41, 5.74) is 0.523. The molecule has 0 radical (unpaired) electrons. The maximum absolute atomic E-state index is 11.2. The summed E-state index contributed by atoms with van der Waals surface area (Å²) in [4.78, 5) is 0. The lowest BCUT2D eigenvalue weighted by atomic mass is 9.85. The zero-order valence-corrected chi connectivity index (χ0v) is 15.8. The van der Waals surface area contributed by atoms with Crippen molar-refractivity contribution in [2.24, 2.45) is 0 Å². The number of ether oxygens (including phenoxy) is 2. The van der Waals surface area contributed by atoms with Crippen molar-refractivity contribution in [2.45, 2.75) is 32.5 Å². The van der Waals surface area contributed by atoms with Gasteiger partial charge in [0.1, 0.15) is 11.5 Å². The van der Waals surface area contributed by atoms with Crippen LogP contribution in [0, 0.1) is 0 Å². The van der Waals surface area contributed by atoms with Gasteiger partial charge in [-0.1, -0.05) is 0 Å². The van der Waals surface area contributed by atoms with Crippen LogP contribution in [0.3, 0.4) is 0 Å². The minimum atomic E-state index is -3.67. The molecule has 10 heteroatoms. The molecule has 1 aromatic rings. The molecule has 0 fully saturated rings. The molecule has 0 aliphatic carbocycles. The van der Waals surface area contributed by atoms with Crippen molar-refractivity contribution >= 4 is 20.2 Å². The standard InChI is InChI=1S/C13H18O5S.CH4O3S/c1-5-16-12-13(2,3)10-8-9(18-19(4,14)15)6-7-11(10)17-12;1-5(2,3)4/h6-8,12H,5H2,1-4H3;1H3,(H,2,3,4). The number of benzene rings is 1. The van der Waals surface area contributed by atoms with E-state index in [4.69, 9.17) is 18.2 Å². The van der Waals surface area contributed by atoms with Crippen LogP contribution in [0.4, 0.5) is 0 Å². The summed E-state index contributed by atoms with van der Waals surface area (Å²) in [6.07, 6.45) is 1.36. The summed E-state index contributed by atoms with van der Waals surface area (Å²) in [6, 6.07) is 4.97. The minimum absolute atomic E-state index is 0.287. The third-order valence-electron chi connectivity index (χ3n) is 3.03. The minimum Gasteiger partial charge on any atom is -0.464 e. The fourth-order valence-electron chi connectivity index (χ4n) is 2.13. The van der Waals surface area contributed by atoms with Gasteiger partial charge < -0.3 is 13.7 Å². The van der Waals surface area contributed by atoms with Crippen molar-refractivity contribution < 1.29 is 35.0 Å². The smallest absolute Gasteiger partial charge is 0.306 e. The maximum Gasteiger partial charge on any atom is 0.306 e. The van der Waals surface area contributed by atoms with E-state index in [1.165, 1.54) is 0 Å². The van der Waals surface area contributed by atoms with Crippen LogP contribution in [-0.4, -0.2) is 46.8 Å². The Morgan fingerprint density at radius 2 is 1.75 bits per heavy atom. The molecular weight excluding hydrogens is 360 g/mol. The van der Waals surface area contributed by atoms with Gasteiger partial charge in [-0.25, -0.2) is 0 Å². The molecule has 8 nitrogen and oxygen atoms in total. The molecule has 1 unspecified atom stereocenters. The molecule has 1 heterocycles. The second-order valence-corrected chi connectivity index (χ2v) is 8.85. The van der Waals surface area contributed by atoms with Crippen molar-refractivity contribution in [3.05, 3.63) is 23.8 Å². The maximum atomic E-state index is 11.2. The van der Waals surface area contributed by atoms with Gasteiger partial charge in [-0.2, -0.15) is 16.8 Å². The van der Waals surface area contributed by atoms with Crippen molar-refractivity contribution in [1.82, 2.24) is 0 Å². The molecule has 1 atom stereocenters. The van der Waals surface area contributed by atoms with E-state index in [9.17, 15) is 16.8 Å². The highest BCUT2D eigenvalue weighted by molar-refractivity contribution is 7.86. The molecule has 0 spiro atoms. The Morgan fingerprint density at radius 3 is 2.21 bits per heavy atom. The fourth-order valence-corrected chi connectivity index (χ4v) is 2.58. The highest BCUT2D eigenvalue weighted by Crippen LogP contribution is 2.44. The van der Waals surface area contributed by atoms with Crippen LogP contribution in [0.25, 0.3) is 0 Å². The lowest BCUT2D eigenvalue weighted by molar-refractivity contribution is -0.0981. The highest BCUT2D eigenvalue weighted by Gasteiger charge is 2.42. The number of hydrogen-bond donors (Lipinski definition) is 1. The molecule has 0 saturated carbocycles. The summed E-state index contributed by atoms with van der Waals surface area (Å²) < 4.78 is 64.3. The van der Waals surface area contributed by atoms with Crippen molar-refractivity contribution in [3.8, 4) is 11.5 Å². The van der Waals surface area contributed by atoms with Gasteiger partial charge in [0.2, 0.25) is 6.29 Å². The first-order valence-corrected chi connectivity index (χ1v) is 10.6. The van der Waals surface area contributed by atoms with E-state index >= 15 is 0 Å². The Kier molecular flexibility index (Phi) is 6.26. The molecule has 1 aliphatic heterocycles. The normalized spacial score (nSPS) is 18.8. The Morgan fingerprint density at radius 1 is 1.21 bits per heavy atom. The van der Waals surface area contributed by atoms with Crippen LogP contribution < -0.4 is 8.92 Å². The lowest BCUT2D eigenvalue weighted by Gasteiger charge is -2.25. The van der Waals surface area contributed by atoms with E-state index in [0.29, 0.717) is 18.6 Å². The summed E-state index contributed by atoms with van der Waals surface area (Å²) in [6.45, 7) is 6.43. The van der Waals surface area contributed by atoms with E-state index in [0.717, 1.165) is 11.8 Å². The summed E-state index contributed by atoms with van der Waals surface area (Å²) >= 11 is 0. The van der Waals surface area contributed by atoms with Gasteiger partial charge in [0, 0.05) is 12.2 Å². The summed E-state index contributed by atoms with van der Waals surface area (Å²) in [5, 5.41) is 0. The number of fused-ring (bicyclic) bond motifs is 1. The molecule has 0 aromatic heterocycles. The highest BCUT2D eigenvalue weighted by atomic mass is 32.2. The second kappa shape index (κ2) is 7.26. The molecule has 1 aromatic carbocycles. The van der Waals surface area contributed by atoms with Gasteiger partial charge in [-0.15, -0.1) is 0 Å². The molecule has 138 valence electrons. The molecule has 1 aliphatic rings. The summed E-state index contributed by atoms with van der Waals surface area (Å²) in [5.74, 6) is 0.986. The Hall–Kier alpha value is -1.36. The van der Waals surface area contributed by atoms with Crippen molar-refractivity contribution in [3.63, 3.8) is 0 Å². The molecule has 24 heavy (non-hydrogen) atoms. The zero-order chi connectivity index (χ0) is 18.8. The van der Waals surface area contributed by atoms with E-state index in [1.54, 1.807) is 18.2 Å². The van der Waals surface area contributed by atoms with Crippen LogP contribution in [0.1, 0.15) is 26.3 Å². The van der Waals surface area contributed by atoms with Crippen LogP contribution in [0.2, 0.25) is 0 Å². The van der Waals surface area contributed by atoms with Crippen LogP contribution >= 0.6 is 0 Å². The Bertz CT molecular complexity index is 773. The predicted molar refractivity (Wildman–Crippen MR) is 88.5 cm³/mol. The third kappa shape index (κ3) is 6.27. The lowest BCUT2D eigenvalue weighted by Crippen LogP contribution is -2.34. The first-order valence-electron chi connectivity index (χ1n) is 6.98. The van der Waals surface area contributed by atoms with Gasteiger partial charge >= 0.3 is 10.1 Å². The van der Waals surface area contributed by atoms with E-state index in [1.807, 2.05) is 20.8 Å². The van der Waals surface area contributed by atoms with Crippen LogP contribution in [-0.2, 0) is 30.4 Å². The van der Waals surface area contributed by atoms with Crippen LogP contribution in [0.5, 0.6) is 11.5 Å². The molecule has 1 N–H and O–H groups in total. The molecule has 0 saturated heterocycles. The van der Waals surface area contributed by atoms with E-state index in [2.05, 4.69) is 0 Å². The van der Waals surface area contributed by atoms with Gasteiger partial charge in [0.15, 0.2) is 0 Å². The molecule has 2 rings (SSSR count). The van der Waals surface area contributed by atoms with Crippen LogP contribution in [0.15, 0.2) is 18.2 Å². The van der Waals surface area contributed by atoms with Gasteiger partial charge in [0.05, 0.1) is 17.9 Å². The largest absolute Gasteiger partial charge is 0.464 e. The van der Waals surface area contributed by atoms with Gasteiger partial charge in [-0.3, -0.25) is 4.55 Å². The first kappa shape index (κ1) is 20.7. The third-order valence-corrected chi connectivity index (χ3v) is 3.53. The van der Waals surface area contributed by atoms with E-state index < -0.39 is 20.2 Å². The Labute approximate surface area is 142 Å². The van der Waals surface area contributed by atoms with Gasteiger partial charge in [0.25, 0.3) is 10.1 Å². The average molecular weight is 382 g/mol. The molecular formula is C14H22O8S2. The van der Waals surface area contributed by atoms with Crippen molar-refractivity contribution in [2.75, 3.05) is 19.1 Å². The SMILES string of the molecule is CCOC1Oc2ccc(OS(C)(=O)=O)cc2C1(C)C.CS(=O)(=O)O. The zero-order valence-electron chi connectivity index (χ0n) is 14.1. The number of rotatable bonds is 4. The fraction of sp³-hybridized carbons (Fsp3) is 0.571. The summed E-state index contributed by atoms with van der Waals surface area (Å²) in [7, 11) is -7.19. The molecule has 0 bridgehead atoms. The number of hydrogen-bond acceptors (Lipinski definition) is 7. The Balaban J connectivity index is 0.000000505. The van der Waals surface area contributed by atoms with E-state index in [-0.39, 0.29) is 17.5 Å². The van der Waals surface area contributed by atoms with Gasteiger partial charge in [-0.05, 0) is 39.0 Å². The average Bonchev–Trinajstić information content (AvgIpc) is 2.58. The topological polar surface area (TPSA) is 116 Å².